The van der Waals surface area contributed by atoms with Gasteiger partial charge in [0.25, 0.3) is 0 Å². The quantitative estimate of drug-likeness (QED) is 0.164. The molecule has 0 fully saturated rings. The van der Waals surface area contributed by atoms with Crippen LogP contribution in [-0.2, 0) is 6.54 Å². The first-order valence-corrected chi connectivity index (χ1v) is 12.7. The van der Waals surface area contributed by atoms with E-state index in [9.17, 15) is 0 Å². The van der Waals surface area contributed by atoms with Crippen molar-refractivity contribution in [1.82, 2.24) is 9.55 Å². The van der Waals surface area contributed by atoms with Gasteiger partial charge in [-0.2, -0.15) is 5.10 Å². The van der Waals surface area contributed by atoms with Crippen molar-refractivity contribution in [3.05, 3.63) is 93.4 Å². The average molecular weight is 537 g/mol. The second kappa shape index (κ2) is 10.6. The molecule has 36 heavy (non-hydrogen) atoms. The van der Waals surface area contributed by atoms with E-state index >= 15 is 0 Å². The van der Waals surface area contributed by atoms with Gasteiger partial charge in [0.15, 0.2) is 11.5 Å². The number of halogens is 2. The summed E-state index contributed by atoms with van der Waals surface area (Å²) < 4.78 is 12.9. The van der Waals surface area contributed by atoms with E-state index in [1.165, 1.54) is 11.3 Å². The number of para-hydroxylation sites is 1. The molecule has 0 saturated heterocycles. The van der Waals surface area contributed by atoms with Crippen LogP contribution >= 0.6 is 34.5 Å². The topological polar surface area (TPSA) is 60.7 Å². The Bertz CT molecular complexity index is 1560. The zero-order valence-electron chi connectivity index (χ0n) is 19.5. The number of benzene rings is 3. The first-order chi connectivity index (χ1) is 17.6. The molecule has 1 N–H and O–H groups in total. The number of aromatic nitrogens is 2. The minimum absolute atomic E-state index is 0.622. The summed E-state index contributed by atoms with van der Waals surface area (Å²) in [4.78, 5) is 4.65. The van der Waals surface area contributed by atoms with Gasteiger partial charge in [-0.1, -0.05) is 47.5 Å². The number of methoxy groups -OCH3 is 2. The van der Waals surface area contributed by atoms with Gasteiger partial charge in [-0.05, 0) is 42.0 Å². The highest BCUT2D eigenvalue weighted by molar-refractivity contribution is 7.14. The van der Waals surface area contributed by atoms with E-state index in [0.29, 0.717) is 33.2 Å². The largest absolute Gasteiger partial charge is 0.493 e. The summed E-state index contributed by atoms with van der Waals surface area (Å²) in [6.07, 6.45) is 3.87. The van der Waals surface area contributed by atoms with Gasteiger partial charge >= 0.3 is 0 Å². The first kappa shape index (κ1) is 24.2. The van der Waals surface area contributed by atoms with Gasteiger partial charge in [0.2, 0.25) is 5.13 Å². The number of hydrazone groups is 1. The Morgan fingerprint density at radius 3 is 2.67 bits per heavy atom. The lowest BCUT2D eigenvalue weighted by Gasteiger charge is -2.08. The maximum Gasteiger partial charge on any atom is 0.203 e. The number of ether oxygens (including phenoxy) is 2. The highest BCUT2D eigenvalue weighted by Gasteiger charge is 2.11. The van der Waals surface area contributed by atoms with E-state index in [-0.39, 0.29) is 0 Å². The van der Waals surface area contributed by atoms with Crippen LogP contribution in [0.3, 0.4) is 0 Å². The number of rotatable bonds is 8. The van der Waals surface area contributed by atoms with Crippen LogP contribution in [0, 0.1) is 0 Å². The minimum Gasteiger partial charge on any atom is -0.493 e. The lowest BCUT2D eigenvalue weighted by atomic mass is 10.1. The van der Waals surface area contributed by atoms with E-state index in [0.717, 1.165) is 33.3 Å². The summed E-state index contributed by atoms with van der Waals surface area (Å²) in [5.74, 6) is 1.34. The highest BCUT2D eigenvalue weighted by Crippen LogP contribution is 2.33. The van der Waals surface area contributed by atoms with E-state index < -0.39 is 0 Å². The van der Waals surface area contributed by atoms with Crippen LogP contribution in [0.5, 0.6) is 11.5 Å². The molecule has 0 aliphatic rings. The van der Waals surface area contributed by atoms with Crippen molar-refractivity contribution in [2.75, 3.05) is 19.6 Å². The molecule has 0 saturated carbocycles. The Kier molecular flexibility index (Phi) is 7.13. The van der Waals surface area contributed by atoms with Crippen molar-refractivity contribution >= 4 is 56.8 Å². The summed E-state index contributed by atoms with van der Waals surface area (Å²) >= 11 is 14.0. The van der Waals surface area contributed by atoms with Gasteiger partial charge in [0, 0.05) is 50.2 Å². The lowest BCUT2D eigenvalue weighted by Crippen LogP contribution is -1.98. The van der Waals surface area contributed by atoms with Crippen LogP contribution in [0.2, 0.25) is 10.0 Å². The fourth-order valence-electron chi connectivity index (χ4n) is 3.95. The van der Waals surface area contributed by atoms with E-state index in [1.807, 2.05) is 47.8 Å². The molecule has 5 rings (SSSR count). The molecule has 0 radical (unpaired) electrons. The highest BCUT2D eigenvalue weighted by atomic mass is 35.5. The molecular formula is C27H22Cl2N4O2S. The van der Waals surface area contributed by atoms with Crippen LogP contribution in [0.4, 0.5) is 5.13 Å². The van der Waals surface area contributed by atoms with Crippen molar-refractivity contribution in [3.63, 3.8) is 0 Å². The smallest absolute Gasteiger partial charge is 0.203 e. The van der Waals surface area contributed by atoms with E-state index in [1.54, 1.807) is 26.5 Å². The van der Waals surface area contributed by atoms with Crippen LogP contribution in [0.15, 0.2) is 77.3 Å². The Labute approximate surface area is 222 Å². The molecule has 182 valence electrons. The summed E-state index contributed by atoms with van der Waals surface area (Å²) in [6, 6.07) is 19.5. The third-order valence-electron chi connectivity index (χ3n) is 5.72. The molecule has 2 aromatic heterocycles. The van der Waals surface area contributed by atoms with Gasteiger partial charge in [0.1, 0.15) is 0 Å². The average Bonchev–Trinajstić information content (AvgIpc) is 3.50. The fraction of sp³-hybridized carbons (Fsp3) is 0.111. The van der Waals surface area contributed by atoms with E-state index in [2.05, 4.69) is 38.4 Å². The summed E-state index contributed by atoms with van der Waals surface area (Å²) in [5, 5.41) is 9.47. The molecule has 6 nitrogen and oxygen atoms in total. The molecule has 3 aromatic carbocycles. The van der Waals surface area contributed by atoms with Crippen molar-refractivity contribution in [3.8, 4) is 22.8 Å². The Morgan fingerprint density at radius 1 is 1.03 bits per heavy atom. The van der Waals surface area contributed by atoms with Crippen molar-refractivity contribution in [1.29, 1.82) is 0 Å². The number of hydrogen-bond acceptors (Lipinski definition) is 6. The third-order valence-corrected chi connectivity index (χ3v) is 7.06. The molecule has 0 amide bonds. The molecule has 2 heterocycles. The Hall–Kier alpha value is -3.52. The summed E-state index contributed by atoms with van der Waals surface area (Å²) in [7, 11) is 3.23. The van der Waals surface area contributed by atoms with Crippen molar-refractivity contribution in [2.24, 2.45) is 5.10 Å². The standard InChI is InChI=1S/C27H22Cl2N4O2S/c1-34-25-10-8-17(11-26(25)35-2)23-16-36-27(31-23)32-30-13-19-15-33(24-6-4-3-5-21(19)24)14-18-7-9-20(28)12-22(18)29/h3-13,15-16H,14H2,1-2H3,(H,31,32)/b30-13-. The normalized spacial score (nSPS) is 11.3. The fourth-order valence-corrected chi connectivity index (χ4v) is 5.09. The molecule has 0 atom stereocenters. The number of anilines is 1. The van der Waals surface area contributed by atoms with Gasteiger partial charge in [-0.25, -0.2) is 4.98 Å². The van der Waals surface area contributed by atoms with Crippen LogP contribution < -0.4 is 14.9 Å². The zero-order valence-corrected chi connectivity index (χ0v) is 21.9. The first-order valence-electron chi connectivity index (χ1n) is 11.0. The lowest BCUT2D eigenvalue weighted by molar-refractivity contribution is 0.355. The van der Waals surface area contributed by atoms with Gasteiger partial charge in [-0.15, -0.1) is 11.3 Å². The second-order valence-corrected chi connectivity index (χ2v) is 9.64. The zero-order chi connectivity index (χ0) is 25.1. The van der Waals surface area contributed by atoms with Gasteiger partial charge in [-0.3, -0.25) is 5.43 Å². The SMILES string of the molecule is COc1ccc(-c2csc(N/N=C\c3cn(Cc4ccc(Cl)cc4Cl)c4ccccc34)n2)cc1OC. The van der Waals surface area contributed by atoms with Crippen LogP contribution in [-0.4, -0.2) is 30.0 Å². The molecular weight excluding hydrogens is 515 g/mol. The minimum atomic E-state index is 0.622. The number of nitrogens with zero attached hydrogens (tertiary/aromatic N) is 3. The molecule has 0 spiro atoms. The van der Waals surface area contributed by atoms with Crippen LogP contribution in [0.25, 0.3) is 22.2 Å². The molecule has 0 bridgehead atoms. The summed E-state index contributed by atoms with van der Waals surface area (Å²) in [5.41, 5.74) is 7.89. The van der Waals surface area contributed by atoms with Crippen LogP contribution in [0.1, 0.15) is 11.1 Å². The number of hydrogen-bond donors (Lipinski definition) is 1. The molecule has 0 aliphatic heterocycles. The monoisotopic (exact) mass is 536 g/mol. The predicted molar refractivity (Wildman–Crippen MR) is 149 cm³/mol. The van der Waals surface area contributed by atoms with Gasteiger partial charge in [0.05, 0.1) is 26.1 Å². The second-order valence-electron chi connectivity index (χ2n) is 7.94. The molecule has 5 aromatic rings. The number of thiazole rings is 1. The van der Waals surface area contributed by atoms with Gasteiger partial charge < -0.3 is 14.0 Å². The summed E-state index contributed by atoms with van der Waals surface area (Å²) in [6.45, 7) is 0.624. The van der Waals surface area contributed by atoms with Crippen molar-refractivity contribution in [2.45, 2.75) is 6.54 Å². The Balaban J connectivity index is 1.35. The third kappa shape index (κ3) is 5.04. The van der Waals surface area contributed by atoms with E-state index in [4.69, 9.17) is 32.7 Å². The maximum atomic E-state index is 6.41. The number of fused-ring (bicyclic) bond motifs is 1. The Morgan fingerprint density at radius 2 is 1.86 bits per heavy atom. The number of nitrogens with one attached hydrogen (secondary N) is 1. The van der Waals surface area contributed by atoms with Crippen molar-refractivity contribution < 1.29 is 9.47 Å². The predicted octanol–water partition coefficient (Wildman–Crippen LogP) is 7.58. The molecule has 9 heteroatoms. The maximum absolute atomic E-state index is 6.41. The molecule has 0 unspecified atom stereocenters. The molecule has 0 aliphatic carbocycles.